The number of ether oxygens (including phenoxy) is 1. The Bertz CT molecular complexity index is 747. The van der Waals surface area contributed by atoms with Gasteiger partial charge in [0.15, 0.2) is 0 Å². The van der Waals surface area contributed by atoms with Gasteiger partial charge in [0.05, 0.1) is 12.1 Å². The smallest absolute Gasteiger partial charge is 0.271 e. The van der Waals surface area contributed by atoms with Gasteiger partial charge < -0.3 is 14.2 Å². The molecule has 1 amide bonds. The van der Waals surface area contributed by atoms with Crippen molar-refractivity contribution in [2.24, 2.45) is 0 Å². The largest absolute Gasteiger partial charge is 0.497 e. The molecule has 0 aliphatic carbocycles. The number of rotatable bonds is 4. The van der Waals surface area contributed by atoms with Crippen LogP contribution >= 0.6 is 11.6 Å². The number of hydrogen-bond donors (Lipinski definition) is 0. The molecule has 1 aliphatic rings. The van der Waals surface area contributed by atoms with Crippen molar-refractivity contribution in [2.45, 2.75) is 13.5 Å². The highest BCUT2D eigenvalue weighted by Crippen LogP contribution is 2.25. The van der Waals surface area contributed by atoms with E-state index in [2.05, 4.69) is 6.08 Å². The maximum Gasteiger partial charge on any atom is 0.271 e. The van der Waals surface area contributed by atoms with Crippen LogP contribution in [0.25, 0.3) is 5.57 Å². The summed E-state index contributed by atoms with van der Waals surface area (Å²) in [4.78, 5) is 14.5. The third-order valence-corrected chi connectivity index (χ3v) is 4.30. The average molecular weight is 331 g/mol. The Morgan fingerprint density at radius 2 is 2.04 bits per heavy atom. The number of methoxy groups -OCH3 is 1. The normalized spacial score (nSPS) is 14.0. The number of carbonyl (C=O) groups excluding carboxylic acids is 1. The molecule has 1 aromatic heterocycles. The van der Waals surface area contributed by atoms with Crippen molar-refractivity contribution in [1.29, 1.82) is 0 Å². The molecule has 2 aromatic rings. The van der Waals surface area contributed by atoms with E-state index in [1.807, 2.05) is 40.7 Å². The van der Waals surface area contributed by atoms with Crippen LogP contribution in [0, 0.1) is 0 Å². The van der Waals surface area contributed by atoms with Gasteiger partial charge in [-0.15, -0.1) is 0 Å². The van der Waals surface area contributed by atoms with Crippen molar-refractivity contribution < 1.29 is 9.53 Å². The van der Waals surface area contributed by atoms with E-state index < -0.39 is 0 Å². The second-order valence-corrected chi connectivity index (χ2v) is 5.91. The van der Waals surface area contributed by atoms with Crippen molar-refractivity contribution in [3.8, 4) is 5.75 Å². The van der Waals surface area contributed by atoms with Crippen LogP contribution in [0.1, 0.15) is 23.0 Å². The summed E-state index contributed by atoms with van der Waals surface area (Å²) in [5.74, 6) is 0.842. The summed E-state index contributed by atoms with van der Waals surface area (Å²) in [6, 6.07) is 9.64. The molecule has 0 bridgehead atoms. The summed E-state index contributed by atoms with van der Waals surface area (Å²) in [5, 5.41) is 0.595. The van der Waals surface area contributed by atoms with Gasteiger partial charge in [0, 0.05) is 25.8 Å². The van der Waals surface area contributed by atoms with E-state index in [0.29, 0.717) is 23.8 Å². The molecule has 0 spiro atoms. The predicted octanol–water partition coefficient (Wildman–Crippen LogP) is 3.71. The minimum atomic E-state index is 0.0125. The molecular formula is C18H19ClN2O2. The van der Waals surface area contributed by atoms with E-state index in [9.17, 15) is 4.79 Å². The maximum atomic E-state index is 12.7. The van der Waals surface area contributed by atoms with E-state index >= 15 is 0 Å². The number of carbonyl (C=O) groups is 1. The number of hydrogen-bond acceptors (Lipinski definition) is 2. The van der Waals surface area contributed by atoms with Gasteiger partial charge in [-0.2, -0.15) is 0 Å². The van der Waals surface area contributed by atoms with Gasteiger partial charge in [-0.25, -0.2) is 0 Å². The van der Waals surface area contributed by atoms with Crippen molar-refractivity contribution in [3.05, 3.63) is 58.9 Å². The van der Waals surface area contributed by atoms with Gasteiger partial charge in [0.1, 0.15) is 11.4 Å². The van der Waals surface area contributed by atoms with Gasteiger partial charge in [-0.05, 0) is 36.3 Å². The van der Waals surface area contributed by atoms with Crippen molar-refractivity contribution in [1.82, 2.24) is 9.47 Å². The highest BCUT2D eigenvalue weighted by atomic mass is 35.5. The van der Waals surface area contributed by atoms with Gasteiger partial charge in [-0.1, -0.05) is 29.8 Å². The van der Waals surface area contributed by atoms with Crippen LogP contribution in [0.4, 0.5) is 0 Å². The summed E-state index contributed by atoms with van der Waals surface area (Å²) in [6.07, 6.45) is 3.89. The molecule has 1 aromatic carbocycles. The first-order valence-corrected chi connectivity index (χ1v) is 7.98. The number of amides is 1. The Balaban J connectivity index is 1.74. The molecule has 2 heterocycles. The van der Waals surface area contributed by atoms with Crippen LogP contribution in [-0.2, 0) is 6.54 Å². The van der Waals surface area contributed by atoms with Crippen molar-refractivity contribution in [2.75, 3.05) is 20.2 Å². The van der Waals surface area contributed by atoms with Gasteiger partial charge in [-0.3, -0.25) is 4.79 Å². The van der Waals surface area contributed by atoms with Gasteiger partial charge in [0.25, 0.3) is 5.91 Å². The fraction of sp³-hybridized carbons (Fsp3) is 0.278. The lowest BCUT2D eigenvalue weighted by atomic mass is 10.1. The van der Waals surface area contributed by atoms with E-state index in [1.54, 1.807) is 19.4 Å². The molecule has 5 heteroatoms. The molecule has 0 saturated heterocycles. The van der Waals surface area contributed by atoms with Crippen molar-refractivity contribution >= 4 is 23.1 Å². The lowest BCUT2D eigenvalue weighted by Crippen LogP contribution is -2.30. The first-order chi connectivity index (χ1) is 11.1. The molecule has 0 N–H and O–H groups in total. The highest BCUT2D eigenvalue weighted by molar-refractivity contribution is 6.31. The molecule has 4 nitrogen and oxygen atoms in total. The van der Waals surface area contributed by atoms with Crippen LogP contribution in [0.5, 0.6) is 5.75 Å². The first kappa shape index (κ1) is 15.7. The van der Waals surface area contributed by atoms with Gasteiger partial charge in [0.2, 0.25) is 0 Å². The summed E-state index contributed by atoms with van der Waals surface area (Å²) in [7, 11) is 1.65. The first-order valence-electron chi connectivity index (χ1n) is 7.60. The fourth-order valence-electron chi connectivity index (χ4n) is 2.80. The van der Waals surface area contributed by atoms with E-state index in [-0.39, 0.29) is 5.91 Å². The summed E-state index contributed by atoms with van der Waals surface area (Å²) in [6.45, 7) is 3.95. The Kier molecular flexibility index (Phi) is 4.44. The number of aromatic nitrogens is 1. The molecule has 0 fully saturated rings. The zero-order valence-corrected chi connectivity index (χ0v) is 14.0. The predicted molar refractivity (Wildman–Crippen MR) is 92.0 cm³/mol. The number of nitrogens with zero attached hydrogens (tertiary/aromatic N) is 2. The number of benzene rings is 1. The van der Waals surface area contributed by atoms with Crippen molar-refractivity contribution in [3.63, 3.8) is 0 Å². The Labute approximate surface area is 140 Å². The standard InChI is InChI=1S/C18H19ClN2O2/c1-3-20-12-15(19)10-17(20)18(22)21-9-8-14(11-21)13-4-6-16(23-2)7-5-13/h4-8,10,12H,3,9,11H2,1-2H3. The molecular weight excluding hydrogens is 312 g/mol. The quantitative estimate of drug-likeness (QED) is 0.856. The van der Waals surface area contributed by atoms with Crippen LogP contribution in [-0.4, -0.2) is 35.6 Å². The molecule has 3 rings (SSSR count). The minimum absolute atomic E-state index is 0.0125. The van der Waals surface area contributed by atoms with Crippen LogP contribution in [0.2, 0.25) is 5.02 Å². The van der Waals surface area contributed by atoms with E-state index in [4.69, 9.17) is 16.3 Å². The summed E-state index contributed by atoms with van der Waals surface area (Å²) in [5.41, 5.74) is 2.91. The van der Waals surface area contributed by atoms with Crippen LogP contribution < -0.4 is 4.74 Å². The molecule has 23 heavy (non-hydrogen) atoms. The summed E-state index contributed by atoms with van der Waals surface area (Å²) >= 11 is 6.03. The molecule has 0 unspecified atom stereocenters. The fourth-order valence-corrected chi connectivity index (χ4v) is 3.02. The maximum absolute atomic E-state index is 12.7. The molecule has 0 radical (unpaired) electrons. The minimum Gasteiger partial charge on any atom is -0.497 e. The summed E-state index contributed by atoms with van der Waals surface area (Å²) < 4.78 is 7.06. The lowest BCUT2D eigenvalue weighted by molar-refractivity contribution is 0.0791. The van der Waals surface area contributed by atoms with Crippen LogP contribution in [0.15, 0.2) is 42.6 Å². The monoisotopic (exact) mass is 330 g/mol. The number of aryl methyl sites for hydroxylation is 1. The molecule has 1 aliphatic heterocycles. The third kappa shape index (κ3) is 3.13. The van der Waals surface area contributed by atoms with Crippen LogP contribution in [0.3, 0.4) is 0 Å². The Morgan fingerprint density at radius 1 is 1.30 bits per heavy atom. The Hall–Kier alpha value is -2.20. The SMILES string of the molecule is CCn1cc(Cl)cc1C(=O)N1CC=C(c2ccc(OC)cc2)C1. The van der Waals surface area contributed by atoms with Gasteiger partial charge >= 0.3 is 0 Å². The second kappa shape index (κ2) is 6.50. The molecule has 120 valence electrons. The average Bonchev–Trinajstić information content (AvgIpc) is 3.21. The zero-order valence-electron chi connectivity index (χ0n) is 13.3. The second-order valence-electron chi connectivity index (χ2n) is 5.47. The Morgan fingerprint density at radius 3 is 2.70 bits per heavy atom. The topological polar surface area (TPSA) is 34.5 Å². The molecule has 0 saturated carbocycles. The number of halogens is 1. The van der Waals surface area contributed by atoms with E-state index in [0.717, 1.165) is 23.4 Å². The highest BCUT2D eigenvalue weighted by Gasteiger charge is 2.24. The third-order valence-electron chi connectivity index (χ3n) is 4.09. The van der Waals surface area contributed by atoms with E-state index in [1.165, 1.54) is 0 Å². The zero-order chi connectivity index (χ0) is 16.4. The molecule has 0 atom stereocenters. The lowest BCUT2D eigenvalue weighted by Gasteiger charge is -2.17.